The Kier molecular flexibility index (Phi) is 25.1. The van der Waals surface area contributed by atoms with Gasteiger partial charge < -0.3 is 5.11 Å². The van der Waals surface area contributed by atoms with Crippen molar-refractivity contribution in [3.05, 3.63) is 12.2 Å². The van der Waals surface area contributed by atoms with Crippen molar-refractivity contribution in [1.29, 1.82) is 0 Å². The topological polar surface area (TPSA) is 66.4 Å². The minimum absolute atomic E-state index is 0.141. The molecule has 0 aromatic heterocycles. The molecule has 0 saturated heterocycles. The highest BCUT2D eigenvalue weighted by Gasteiger charge is 2.07. The van der Waals surface area contributed by atoms with Crippen LogP contribution < -0.4 is 5.32 Å². The Hall–Kier alpha value is -1.16. The molecule has 0 heterocycles. The fraction of sp³-hybridized carbons (Fsp3) is 0.857. The van der Waals surface area contributed by atoms with Gasteiger partial charge in [0, 0.05) is 19.4 Å². The number of nitrogens with one attached hydrogen (secondary N) is 1. The van der Waals surface area contributed by atoms with Crippen LogP contribution in [0.4, 0.5) is 0 Å². The molecule has 0 atom stereocenters. The number of carbonyl (C=O) groups is 2. The number of unbranched alkanes of at least 4 members (excludes halogenated alkanes) is 17. The van der Waals surface area contributed by atoms with E-state index in [0.29, 0.717) is 12.8 Å². The molecule has 0 aromatic carbocycles. The van der Waals surface area contributed by atoms with Crippen LogP contribution in [-0.2, 0) is 9.59 Å². The normalized spacial score (nSPS) is 11.3. The number of carbonyl (C=O) groups excluding carboxylic acids is 2. The molecule has 0 radical (unpaired) electrons. The number of allylic oxidation sites excluding steroid dienone is 2. The van der Waals surface area contributed by atoms with Crippen molar-refractivity contribution in [2.45, 2.75) is 148 Å². The molecule has 2 amide bonds. The van der Waals surface area contributed by atoms with Gasteiger partial charge in [0.05, 0.1) is 0 Å². The van der Waals surface area contributed by atoms with Gasteiger partial charge in [-0.15, -0.1) is 0 Å². The highest BCUT2D eigenvalue weighted by molar-refractivity contribution is 5.95. The van der Waals surface area contributed by atoms with E-state index in [1.165, 1.54) is 96.3 Å². The maximum absolute atomic E-state index is 11.7. The lowest BCUT2D eigenvalue weighted by atomic mass is 10.1. The van der Waals surface area contributed by atoms with Gasteiger partial charge in [-0.25, -0.2) is 0 Å². The summed E-state index contributed by atoms with van der Waals surface area (Å²) in [4.78, 5) is 23.4. The summed E-state index contributed by atoms with van der Waals surface area (Å²) in [5.74, 6) is -0.320. The fourth-order valence-corrected chi connectivity index (χ4v) is 3.92. The predicted octanol–water partition coefficient (Wildman–Crippen LogP) is 7.78. The Bertz CT molecular complexity index is 448. The summed E-state index contributed by atoms with van der Waals surface area (Å²) in [6.07, 6.45) is 29.7. The van der Waals surface area contributed by atoms with Gasteiger partial charge in [0.1, 0.15) is 0 Å². The van der Waals surface area contributed by atoms with Gasteiger partial charge in [-0.3, -0.25) is 14.9 Å². The highest BCUT2D eigenvalue weighted by Crippen LogP contribution is 2.12. The van der Waals surface area contributed by atoms with E-state index in [-0.39, 0.29) is 18.4 Å². The fourth-order valence-electron chi connectivity index (χ4n) is 3.92. The molecule has 0 bridgehead atoms. The lowest BCUT2D eigenvalue weighted by Crippen LogP contribution is -2.29. The first-order chi connectivity index (χ1) is 15.7. The number of aliphatic hydroxyl groups excluding tert-OH is 1. The molecule has 0 aliphatic heterocycles. The van der Waals surface area contributed by atoms with Gasteiger partial charge in [0.2, 0.25) is 11.8 Å². The molecule has 0 fully saturated rings. The SMILES string of the molecule is CCCCCCCC/C=C\CCCCCCCCCCCC(=O)NC(=O)CCCCCO. The molecule has 0 aliphatic rings. The molecular weight excluding hydrogens is 398 g/mol. The Labute approximate surface area is 199 Å². The van der Waals surface area contributed by atoms with E-state index >= 15 is 0 Å². The summed E-state index contributed by atoms with van der Waals surface area (Å²) < 4.78 is 0. The molecule has 0 aliphatic carbocycles. The van der Waals surface area contributed by atoms with Gasteiger partial charge in [-0.05, 0) is 44.9 Å². The maximum atomic E-state index is 11.7. The van der Waals surface area contributed by atoms with E-state index in [1.54, 1.807) is 0 Å². The summed E-state index contributed by atoms with van der Waals surface area (Å²) in [5.41, 5.74) is 0. The first-order valence-corrected chi connectivity index (χ1v) is 13.8. The lowest BCUT2D eigenvalue weighted by molar-refractivity contribution is -0.130. The van der Waals surface area contributed by atoms with Crippen molar-refractivity contribution in [3.8, 4) is 0 Å². The predicted molar refractivity (Wildman–Crippen MR) is 137 cm³/mol. The third-order valence-corrected chi connectivity index (χ3v) is 6.01. The smallest absolute Gasteiger partial charge is 0.226 e. The summed E-state index contributed by atoms with van der Waals surface area (Å²) in [7, 11) is 0. The van der Waals surface area contributed by atoms with E-state index < -0.39 is 0 Å². The molecular formula is C28H53NO3. The molecule has 0 unspecified atom stereocenters. The van der Waals surface area contributed by atoms with Crippen LogP contribution in [0.15, 0.2) is 12.2 Å². The van der Waals surface area contributed by atoms with Crippen molar-refractivity contribution in [2.24, 2.45) is 0 Å². The monoisotopic (exact) mass is 451 g/mol. The van der Waals surface area contributed by atoms with Crippen LogP contribution in [0.2, 0.25) is 0 Å². The second kappa shape index (κ2) is 26.1. The van der Waals surface area contributed by atoms with Gasteiger partial charge in [-0.1, -0.05) is 103 Å². The quantitative estimate of drug-likeness (QED) is 0.116. The van der Waals surface area contributed by atoms with E-state index in [0.717, 1.165) is 32.1 Å². The van der Waals surface area contributed by atoms with Crippen molar-refractivity contribution in [3.63, 3.8) is 0 Å². The van der Waals surface area contributed by atoms with Crippen LogP contribution in [0.1, 0.15) is 148 Å². The number of rotatable bonds is 24. The Balaban J connectivity index is 3.26. The van der Waals surface area contributed by atoms with E-state index in [1.807, 2.05) is 0 Å². The van der Waals surface area contributed by atoms with Crippen LogP contribution in [0.5, 0.6) is 0 Å². The molecule has 4 nitrogen and oxygen atoms in total. The number of hydrogen-bond donors (Lipinski definition) is 2. The average Bonchev–Trinajstić information content (AvgIpc) is 2.78. The minimum Gasteiger partial charge on any atom is -0.396 e. The standard InChI is InChI=1S/C28H53NO3/c1-2-3-4-5-6-7-8-9-10-11-12-13-14-15-16-17-18-19-21-24-27(31)29-28(32)25-22-20-23-26-30/h9-10,30H,2-8,11-26H2,1H3,(H,29,31,32)/b10-9-. The first kappa shape index (κ1) is 30.8. The summed E-state index contributed by atoms with van der Waals surface area (Å²) in [5, 5.41) is 11.2. The Morgan fingerprint density at radius 3 is 1.38 bits per heavy atom. The summed E-state index contributed by atoms with van der Waals surface area (Å²) in [6, 6.07) is 0. The number of amides is 2. The number of imide groups is 1. The van der Waals surface area contributed by atoms with Crippen molar-refractivity contribution < 1.29 is 14.7 Å². The third kappa shape index (κ3) is 25.1. The van der Waals surface area contributed by atoms with Gasteiger partial charge in [0.15, 0.2) is 0 Å². The molecule has 188 valence electrons. The summed E-state index contributed by atoms with van der Waals surface area (Å²) in [6.45, 7) is 2.43. The third-order valence-electron chi connectivity index (χ3n) is 6.01. The lowest BCUT2D eigenvalue weighted by Gasteiger charge is -2.05. The molecule has 32 heavy (non-hydrogen) atoms. The second-order valence-electron chi connectivity index (χ2n) is 9.25. The van der Waals surface area contributed by atoms with E-state index in [9.17, 15) is 9.59 Å². The molecule has 4 heteroatoms. The van der Waals surface area contributed by atoms with Gasteiger partial charge >= 0.3 is 0 Å². The molecule has 2 N–H and O–H groups in total. The second-order valence-corrected chi connectivity index (χ2v) is 9.25. The highest BCUT2D eigenvalue weighted by atomic mass is 16.3. The summed E-state index contributed by atoms with van der Waals surface area (Å²) >= 11 is 0. The Morgan fingerprint density at radius 1 is 0.562 bits per heavy atom. The van der Waals surface area contributed by atoms with Crippen LogP contribution in [0.3, 0.4) is 0 Å². The zero-order valence-electron chi connectivity index (χ0n) is 21.2. The van der Waals surface area contributed by atoms with Crippen molar-refractivity contribution in [2.75, 3.05) is 6.61 Å². The number of hydrogen-bond acceptors (Lipinski definition) is 3. The van der Waals surface area contributed by atoms with Gasteiger partial charge in [0.25, 0.3) is 0 Å². The Morgan fingerprint density at radius 2 is 0.938 bits per heavy atom. The molecule has 0 aromatic rings. The van der Waals surface area contributed by atoms with E-state index in [2.05, 4.69) is 24.4 Å². The first-order valence-electron chi connectivity index (χ1n) is 13.8. The number of aliphatic hydroxyl groups is 1. The van der Waals surface area contributed by atoms with Crippen molar-refractivity contribution >= 4 is 11.8 Å². The zero-order valence-corrected chi connectivity index (χ0v) is 21.2. The maximum Gasteiger partial charge on any atom is 0.226 e. The van der Waals surface area contributed by atoms with Crippen LogP contribution in [0.25, 0.3) is 0 Å². The van der Waals surface area contributed by atoms with Crippen LogP contribution in [-0.4, -0.2) is 23.5 Å². The van der Waals surface area contributed by atoms with Crippen LogP contribution in [0, 0.1) is 0 Å². The van der Waals surface area contributed by atoms with Gasteiger partial charge in [-0.2, -0.15) is 0 Å². The van der Waals surface area contributed by atoms with Crippen LogP contribution >= 0.6 is 0 Å². The molecule has 0 saturated carbocycles. The molecule has 0 rings (SSSR count). The molecule has 0 spiro atoms. The average molecular weight is 452 g/mol. The van der Waals surface area contributed by atoms with Crippen molar-refractivity contribution in [1.82, 2.24) is 5.32 Å². The van der Waals surface area contributed by atoms with E-state index in [4.69, 9.17) is 5.11 Å². The largest absolute Gasteiger partial charge is 0.396 e. The zero-order chi connectivity index (χ0) is 23.5. The minimum atomic E-state index is -0.179.